The van der Waals surface area contributed by atoms with Crippen LogP contribution in [0.1, 0.15) is 37.8 Å². The molecule has 0 aliphatic carbocycles. The molecule has 98 valence electrons. The molecule has 0 aliphatic heterocycles. The molecule has 0 atom stereocenters. The molecule has 5 nitrogen and oxygen atoms in total. The number of nitrogens with zero attached hydrogens (tertiary/aromatic N) is 2. The topological polar surface area (TPSA) is 69.2 Å². The lowest BCUT2D eigenvalue weighted by Gasteiger charge is -1.95. The molecule has 0 unspecified atom stereocenters. The highest BCUT2D eigenvalue weighted by atomic mass is 32.1. The van der Waals surface area contributed by atoms with E-state index >= 15 is 0 Å². The Morgan fingerprint density at radius 2 is 2.16 bits per heavy atom. The number of hydrogen-bond donors (Lipinski definition) is 0. The number of Topliss-reactive ketones (excluding diaryl/α,β-unsaturated/α-hetero) is 1. The lowest BCUT2D eigenvalue weighted by atomic mass is 10.2. The van der Waals surface area contributed by atoms with Crippen molar-refractivity contribution in [2.75, 3.05) is 7.11 Å². The summed E-state index contributed by atoms with van der Waals surface area (Å²) in [6.45, 7) is 1.41. The zero-order chi connectivity index (χ0) is 13.8. The zero-order valence-corrected chi connectivity index (χ0v) is 11.4. The number of carbonyl (C=O) groups is 2. The molecule has 0 bridgehead atoms. The highest BCUT2D eigenvalue weighted by Gasteiger charge is 2.21. The monoisotopic (exact) mass is 276 g/mol. The largest absolute Gasteiger partial charge is 0.464 e. The maximum atomic E-state index is 11.6. The van der Waals surface area contributed by atoms with Gasteiger partial charge in [-0.2, -0.15) is 0 Å². The molecule has 2 rings (SSSR count). The number of carbonyl (C=O) groups excluding carboxylic acids is 2. The van der Waals surface area contributed by atoms with Crippen LogP contribution in [0.3, 0.4) is 0 Å². The maximum absolute atomic E-state index is 11.6. The number of thiazole rings is 1. The van der Waals surface area contributed by atoms with E-state index in [0.29, 0.717) is 16.3 Å². The fourth-order valence-corrected chi connectivity index (χ4v) is 2.53. The number of methoxy groups -OCH3 is 1. The van der Waals surface area contributed by atoms with E-state index in [2.05, 4.69) is 14.7 Å². The first-order valence-corrected chi connectivity index (χ1v) is 6.42. The van der Waals surface area contributed by atoms with Crippen LogP contribution in [0, 0.1) is 0 Å². The molecule has 0 aromatic carbocycles. The first-order valence-electron chi connectivity index (χ1n) is 5.60. The van der Waals surface area contributed by atoms with Gasteiger partial charge in [-0.25, -0.2) is 9.78 Å². The Labute approximate surface area is 114 Å². The van der Waals surface area contributed by atoms with Crippen molar-refractivity contribution in [3.05, 3.63) is 45.7 Å². The zero-order valence-electron chi connectivity index (χ0n) is 10.5. The predicted octanol–water partition coefficient (Wildman–Crippen LogP) is 2.12. The smallest absolute Gasteiger partial charge is 0.358 e. The van der Waals surface area contributed by atoms with E-state index in [1.54, 1.807) is 6.20 Å². The Balaban J connectivity index is 2.33. The number of ether oxygens (including phenoxy) is 1. The predicted molar refractivity (Wildman–Crippen MR) is 70.5 cm³/mol. The Kier molecular flexibility index (Phi) is 4.01. The third-order valence-electron chi connectivity index (χ3n) is 2.43. The highest BCUT2D eigenvalue weighted by molar-refractivity contribution is 7.14. The van der Waals surface area contributed by atoms with Gasteiger partial charge in [0.25, 0.3) is 0 Å². The van der Waals surface area contributed by atoms with Crippen molar-refractivity contribution < 1.29 is 14.3 Å². The van der Waals surface area contributed by atoms with E-state index in [1.807, 2.05) is 18.2 Å². The van der Waals surface area contributed by atoms with Crippen LogP contribution in [-0.4, -0.2) is 28.8 Å². The molecule has 2 aromatic rings. The van der Waals surface area contributed by atoms with Gasteiger partial charge in [0, 0.05) is 25.2 Å². The molecule has 0 saturated carbocycles. The first-order chi connectivity index (χ1) is 9.11. The minimum Gasteiger partial charge on any atom is -0.464 e. The second-order valence-corrected chi connectivity index (χ2v) is 4.91. The molecule has 0 spiro atoms. The van der Waals surface area contributed by atoms with Gasteiger partial charge in [0.1, 0.15) is 9.88 Å². The average molecular weight is 276 g/mol. The molecular weight excluding hydrogens is 264 g/mol. The van der Waals surface area contributed by atoms with Gasteiger partial charge in [0.2, 0.25) is 0 Å². The van der Waals surface area contributed by atoms with Crippen molar-refractivity contribution in [3.8, 4) is 0 Å². The summed E-state index contributed by atoms with van der Waals surface area (Å²) in [5.41, 5.74) is 0.925. The van der Waals surface area contributed by atoms with Crippen LogP contribution in [0.15, 0.2) is 24.4 Å². The molecule has 6 heteroatoms. The number of esters is 1. The van der Waals surface area contributed by atoms with Gasteiger partial charge < -0.3 is 4.74 Å². The summed E-state index contributed by atoms with van der Waals surface area (Å²) in [6.07, 6.45) is 2.18. The molecule has 0 fully saturated rings. The quantitative estimate of drug-likeness (QED) is 0.632. The van der Waals surface area contributed by atoms with Crippen LogP contribution >= 0.6 is 11.3 Å². The number of aromatic nitrogens is 2. The van der Waals surface area contributed by atoms with E-state index in [0.717, 1.165) is 5.69 Å². The van der Waals surface area contributed by atoms with Crippen LogP contribution in [-0.2, 0) is 11.2 Å². The van der Waals surface area contributed by atoms with Crippen molar-refractivity contribution in [1.82, 2.24) is 9.97 Å². The summed E-state index contributed by atoms with van der Waals surface area (Å²) in [4.78, 5) is 31.8. The summed E-state index contributed by atoms with van der Waals surface area (Å²) in [5, 5.41) is 0.671. The van der Waals surface area contributed by atoms with Crippen molar-refractivity contribution >= 4 is 23.1 Å². The Bertz CT molecular complexity index is 608. The van der Waals surface area contributed by atoms with Gasteiger partial charge in [-0.15, -0.1) is 11.3 Å². The van der Waals surface area contributed by atoms with E-state index in [-0.39, 0.29) is 11.5 Å². The fourth-order valence-electron chi connectivity index (χ4n) is 1.57. The van der Waals surface area contributed by atoms with Gasteiger partial charge >= 0.3 is 5.97 Å². The molecule has 0 saturated heterocycles. The van der Waals surface area contributed by atoms with Crippen molar-refractivity contribution in [1.29, 1.82) is 0 Å². The molecular formula is C13H12N2O3S. The lowest BCUT2D eigenvalue weighted by molar-refractivity contribution is 0.0591. The summed E-state index contributed by atoms with van der Waals surface area (Å²) < 4.78 is 4.63. The third kappa shape index (κ3) is 3.03. The van der Waals surface area contributed by atoms with Crippen LogP contribution < -0.4 is 0 Å². The average Bonchev–Trinajstić information content (AvgIpc) is 2.83. The van der Waals surface area contributed by atoms with Crippen LogP contribution in [0.5, 0.6) is 0 Å². The van der Waals surface area contributed by atoms with Gasteiger partial charge in [-0.3, -0.25) is 9.78 Å². The summed E-state index contributed by atoms with van der Waals surface area (Å²) >= 11 is 1.20. The van der Waals surface area contributed by atoms with Crippen molar-refractivity contribution in [2.45, 2.75) is 13.3 Å². The molecule has 2 aromatic heterocycles. The maximum Gasteiger partial charge on any atom is 0.358 e. The minimum atomic E-state index is -0.589. The SMILES string of the molecule is COC(=O)c1nc(Cc2ccccn2)sc1C(C)=O. The number of hydrogen-bond acceptors (Lipinski definition) is 6. The molecule has 0 N–H and O–H groups in total. The Hall–Kier alpha value is -2.08. The number of ketones is 1. The number of pyridine rings is 1. The van der Waals surface area contributed by atoms with Crippen LogP contribution in [0.2, 0.25) is 0 Å². The first kappa shape index (κ1) is 13.4. The summed E-state index contributed by atoms with van der Waals surface area (Å²) in [7, 11) is 1.27. The van der Waals surface area contributed by atoms with Gasteiger partial charge in [-0.1, -0.05) is 6.07 Å². The third-order valence-corrected chi connectivity index (χ3v) is 3.58. The molecule has 0 amide bonds. The van der Waals surface area contributed by atoms with Gasteiger partial charge in [0.15, 0.2) is 11.5 Å². The van der Waals surface area contributed by atoms with E-state index < -0.39 is 5.97 Å². The van der Waals surface area contributed by atoms with Crippen molar-refractivity contribution in [2.24, 2.45) is 0 Å². The standard InChI is InChI=1S/C13H12N2O3S/c1-8(16)12-11(13(17)18-2)15-10(19-12)7-9-5-3-4-6-14-9/h3-6H,7H2,1-2H3. The Morgan fingerprint density at radius 3 is 2.74 bits per heavy atom. The van der Waals surface area contributed by atoms with Crippen molar-refractivity contribution in [3.63, 3.8) is 0 Å². The second-order valence-electron chi connectivity index (χ2n) is 3.83. The van der Waals surface area contributed by atoms with Gasteiger partial charge in [0.05, 0.1) is 7.11 Å². The van der Waals surface area contributed by atoms with E-state index in [4.69, 9.17) is 0 Å². The van der Waals surface area contributed by atoms with Crippen LogP contribution in [0.4, 0.5) is 0 Å². The number of rotatable bonds is 4. The summed E-state index contributed by atoms with van der Waals surface area (Å²) in [5.74, 6) is -0.779. The lowest BCUT2D eigenvalue weighted by Crippen LogP contribution is -2.07. The second kappa shape index (κ2) is 5.71. The normalized spacial score (nSPS) is 10.2. The molecule has 0 aliphatic rings. The highest BCUT2D eigenvalue weighted by Crippen LogP contribution is 2.22. The fraction of sp³-hybridized carbons (Fsp3) is 0.231. The Morgan fingerprint density at radius 1 is 1.37 bits per heavy atom. The molecule has 0 radical (unpaired) electrons. The van der Waals surface area contributed by atoms with Crippen LogP contribution in [0.25, 0.3) is 0 Å². The van der Waals surface area contributed by atoms with E-state index in [9.17, 15) is 9.59 Å². The van der Waals surface area contributed by atoms with Gasteiger partial charge in [-0.05, 0) is 12.1 Å². The molecule has 2 heterocycles. The minimum absolute atomic E-state index is 0.0888. The van der Waals surface area contributed by atoms with E-state index in [1.165, 1.54) is 25.4 Å². The summed E-state index contributed by atoms with van der Waals surface area (Å²) in [6, 6.07) is 5.57. The molecule has 19 heavy (non-hydrogen) atoms.